The normalized spacial score (nSPS) is 18.7. The van der Waals surface area contributed by atoms with Crippen molar-refractivity contribution in [2.24, 2.45) is 5.16 Å². The molecule has 0 fully saturated rings. The Morgan fingerprint density at radius 3 is 3.08 bits per heavy atom. The Balaban J connectivity index is 2.51. The van der Waals surface area contributed by atoms with E-state index in [0.717, 1.165) is 30.6 Å². The highest BCUT2D eigenvalue weighted by molar-refractivity contribution is 6.03. The highest BCUT2D eigenvalue weighted by atomic mass is 16.5. The van der Waals surface area contributed by atoms with Gasteiger partial charge in [-0.25, -0.2) is 0 Å². The number of hydrogen-bond acceptors (Lipinski definition) is 5. The molecule has 0 saturated carbocycles. The molecule has 0 bridgehead atoms. The molecule has 0 aromatic carbocycles. The predicted molar refractivity (Wildman–Crippen MR) is 44.3 cm³/mol. The number of oxime groups is 1. The number of methoxy groups -OCH3 is 1. The monoisotopic (exact) mass is 182 g/mol. The van der Waals surface area contributed by atoms with E-state index in [1.54, 1.807) is 0 Å². The molecular weight excluding hydrogens is 172 g/mol. The summed E-state index contributed by atoms with van der Waals surface area (Å²) in [5.41, 5.74) is 1.32. The molecule has 2 rings (SSSR count). The number of rotatable bonds is 1. The lowest BCUT2D eigenvalue weighted by atomic mass is 9.96. The van der Waals surface area contributed by atoms with Crippen LogP contribution in [0.15, 0.2) is 9.68 Å². The van der Waals surface area contributed by atoms with Crippen LogP contribution in [0, 0.1) is 0 Å². The van der Waals surface area contributed by atoms with Crippen LogP contribution in [0.25, 0.3) is 0 Å². The third-order valence-corrected chi connectivity index (χ3v) is 2.15. The lowest BCUT2D eigenvalue weighted by Crippen LogP contribution is -2.10. The maximum Gasteiger partial charge on any atom is 0.263 e. The van der Waals surface area contributed by atoms with Gasteiger partial charge in [-0.15, -0.1) is 0 Å². The molecule has 1 aromatic heterocycles. The van der Waals surface area contributed by atoms with E-state index >= 15 is 0 Å². The van der Waals surface area contributed by atoms with Crippen LogP contribution in [0.2, 0.25) is 0 Å². The Morgan fingerprint density at radius 2 is 2.38 bits per heavy atom. The second-order valence-electron chi connectivity index (χ2n) is 2.89. The van der Waals surface area contributed by atoms with Crippen LogP contribution in [0.5, 0.6) is 5.88 Å². The fraction of sp³-hybridized carbons (Fsp3) is 0.500. The molecule has 1 aliphatic carbocycles. The first-order valence-electron chi connectivity index (χ1n) is 4.10. The van der Waals surface area contributed by atoms with Gasteiger partial charge in [0.1, 0.15) is 11.3 Å². The first-order chi connectivity index (χ1) is 6.36. The van der Waals surface area contributed by atoms with Crippen LogP contribution in [-0.2, 0) is 6.42 Å². The van der Waals surface area contributed by atoms with Gasteiger partial charge in [0.25, 0.3) is 5.88 Å². The number of ether oxygens (including phenoxy) is 1. The largest absolute Gasteiger partial charge is 0.478 e. The number of aromatic nitrogens is 1. The summed E-state index contributed by atoms with van der Waals surface area (Å²) in [5.74, 6) is 1.15. The minimum atomic E-state index is 0.405. The summed E-state index contributed by atoms with van der Waals surface area (Å²) in [7, 11) is 1.52. The minimum absolute atomic E-state index is 0.405. The van der Waals surface area contributed by atoms with Gasteiger partial charge in [-0.1, -0.05) is 5.16 Å². The molecule has 1 heterocycles. The van der Waals surface area contributed by atoms with Gasteiger partial charge >= 0.3 is 0 Å². The average Bonchev–Trinajstić information content (AvgIpc) is 2.60. The zero-order valence-electron chi connectivity index (χ0n) is 7.28. The van der Waals surface area contributed by atoms with Crippen LogP contribution in [0.1, 0.15) is 24.2 Å². The summed E-state index contributed by atoms with van der Waals surface area (Å²) in [6, 6.07) is 0. The third-order valence-electron chi connectivity index (χ3n) is 2.15. The number of hydrogen-bond donors (Lipinski definition) is 1. The van der Waals surface area contributed by atoms with Gasteiger partial charge in [0.15, 0.2) is 0 Å². The van der Waals surface area contributed by atoms with Gasteiger partial charge in [0.05, 0.1) is 12.8 Å². The summed E-state index contributed by atoms with van der Waals surface area (Å²) in [6.07, 6.45) is 2.48. The Kier molecular flexibility index (Phi) is 1.92. The van der Waals surface area contributed by atoms with Crippen molar-refractivity contribution in [3.05, 3.63) is 11.3 Å². The number of nitrogens with zero attached hydrogens (tertiary/aromatic N) is 2. The predicted octanol–water partition coefficient (Wildman–Crippen LogP) is 1.20. The van der Waals surface area contributed by atoms with Crippen LogP contribution in [0.4, 0.5) is 0 Å². The lowest BCUT2D eigenvalue weighted by Gasteiger charge is -2.09. The van der Waals surface area contributed by atoms with Crippen molar-refractivity contribution in [1.82, 2.24) is 5.16 Å². The van der Waals surface area contributed by atoms with E-state index in [0.29, 0.717) is 11.6 Å². The standard InChI is InChI=1S/C8H10N2O3/c1-12-8-7-5(9-11)3-2-4-6(7)13-10-8/h11H,2-4H2,1H3/b9-5+. The first kappa shape index (κ1) is 8.10. The van der Waals surface area contributed by atoms with E-state index in [4.69, 9.17) is 14.5 Å². The van der Waals surface area contributed by atoms with Crippen molar-refractivity contribution >= 4 is 5.71 Å². The second kappa shape index (κ2) is 3.08. The van der Waals surface area contributed by atoms with Crippen molar-refractivity contribution in [3.63, 3.8) is 0 Å². The molecule has 5 heteroatoms. The molecule has 0 amide bonds. The molecule has 1 N–H and O–H groups in total. The van der Waals surface area contributed by atoms with Gasteiger partial charge < -0.3 is 14.5 Å². The van der Waals surface area contributed by atoms with Crippen molar-refractivity contribution in [2.45, 2.75) is 19.3 Å². The summed E-state index contributed by atoms with van der Waals surface area (Å²) >= 11 is 0. The SMILES string of the molecule is COc1noc2c1/C(=N/O)CCC2. The van der Waals surface area contributed by atoms with Crippen LogP contribution in [0.3, 0.4) is 0 Å². The molecule has 13 heavy (non-hydrogen) atoms. The maximum atomic E-state index is 8.74. The topological polar surface area (TPSA) is 67.9 Å². The van der Waals surface area contributed by atoms with Gasteiger partial charge in [-0.05, 0) is 18.0 Å². The molecule has 0 spiro atoms. The smallest absolute Gasteiger partial charge is 0.263 e. The molecular formula is C8H10N2O3. The fourth-order valence-corrected chi connectivity index (χ4v) is 1.54. The van der Waals surface area contributed by atoms with E-state index < -0.39 is 0 Å². The van der Waals surface area contributed by atoms with E-state index in [-0.39, 0.29) is 0 Å². The number of aryl methyl sites for hydroxylation is 1. The van der Waals surface area contributed by atoms with Gasteiger partial charge in [0.2, 0.25) is 0 Å². The molecule has 0 aliphatic heterocycles. The highest BCUT2D eigenvalue weighted by Crippen LogP contribution is 2.29. The van der Waals surface area contributed by atoms with Gasteiger partial charge in [0, 0.05) is 6.42 Å². The van der Waals surface area contributed by atoms with E-state index in [2.05, 4.69) is 10.3 Å². The zero-order chi connectivity index (χ0) is 9.26. The molecule has 5 nitrogen and oxygen atoms in total. The summed E-state index contributed by atoms with van der Waals surface area (Å²) in [4.78, 5) is 0. The fourth-order valence-electron chi connectivity index (χ4n) is 1.54. The molecule has 0 unspecified atom stereocenters. The molecule has 1 aromatic rings. The van der Waals surface area contributed by atoms with Crippen molar-refractivity contribution in [3.8, 4) is 5.88 Å². The second-order valence-corrected chi connectivity index (χ2v) is 2.89. The zero-order valence-corrected chi connectivity index (χ0v) is 7.28. The first-order valence-corrected chi connectivity index (χ1v) is 4.10. The Hall–Kier alpha value is -1.52. The van der Waals surface area contributed by atoms with Crippen LogP contribution in [-0.4, -0.2) is 23.2 Å². The Bertz CT molecular complexity index is 330. The third kappa shape index (κ3) is 1.16. The van der Waals surface area contributed by atoms with E-state index in [9.17, 15) is 0 Å². The molecule has 0 atom stereocenters. The average molecular weight is 182 g/mol. The van der Waals surface area contributed by atoms with E-state index in [1.807, 2.05) is 0 Å². The van der Waals surface area contributed by atoms with Crippen LogP contribution < -0.4 is 4.74 Å². The number of fused-ring (bicyclic) bond motifs is 1. The van der Waals surface area contributed by atoms with E-state index in [1.165, 1.54) is 7.11 Å². The Labute approximate surface area is 75.0 Å². The summed E-state index contributed by atoms with van der Waals surface area (Å²) in [5, 5.41) is 15.7. The molecule has 0 radical (unpaired) electrons. The van der Waals surface area contributed by atoms with Crippen molar-refractivity contribution < 1.29 is 14.5 Å². The summed E-state index contributed by atoms with van der Waals surface area (Å²) < 4.78 is 10.0. The van der Waals surface area contributed by atoms with Gasteiger partial charge in [-0.3, -0.25) is 0 Å². The summed E-state index contributed by atoms with van der Waals surface area (Å²) in [6.45, 7) is 0. The van der Waals surface area contributed by atoms with Crippen molar-refractivity contribution in [2.75, 3.05) is 7.11 Å². The van der Waals surface area contributed by atoms with Crippen LogP contribution >= 0.6 is 0 Å². The molecule has 1 aliphatic rings. The molecule has 70 valence electrons. The highest BCUT2D eigenvalue weighted by Gasteiger charge is 2.25. The maximum absolute atomic E-state index is 8.74. The van der Waals surface area contributed by atoms with Crippen molar-refractivity contribution in [1.29, 1.82) is 0 Å². The minimum Gasteiger partial charge on any atom is -0.478 e. The Morgan fingerprint density at radius 1 is 1.54 bits per heavy atom. The lowest BCUT2D eigenvalue weighted by molar-refractivity contribution is 0.316. The van der Waals surface area contributed by atoms with Gasteiger partial charge in [-0.2, -0.15) is 0 Å². The quantitative estimate of drug-likeness (QED) is 0.523. The molecule has 0 saturated heterocycles.